The van der Waals surface area contributed by atoms with E-state index in [1.165, 1.54) is 6.42 Å². The number of unbranched alkanes of at least 4 members (excludes halogenated alkanes) is 6. The molecule has 0 aromatic heterocycles. The van der Waals surface area contributed by atoms with Crippen LogP contribution in [0.25, 0.3) is 0 Å². The van der Waals surface area contributed by atoms with Gasteiger partial charge < -0.3 is 20.1 Å². The number of hydrogen-bond donors (Lipinski definition) is 2. The van der Waals surface area contributed by atoms with E-state index in [4.69, 9.17) is 24.3 Å². The predicted octanol–water partition coefficient (Wildman–Crippen LogP) is 10.1. The van der Waals surface area contributed by atoms with Gasteiger partial charge in [0.1, 0.15) is 6.61 Å². The molecule has 2 unspecified atom stereocenters. The number of rotatable bonds is 33. The van der Waals surface area contributed by atoms with Gasteiger partial charge in [-0.05, 0) is 64.2 Å². The van der Waals surface area contributed by atoms with Crippen LogP contribution in [0.15, 0.2) is 85.1 Å². The fourth-order valence-corrected chi connectivity index (χ4v) is 5.09. The molecular formula is C40H66NO8P. The molecule has 0 rings (SSSR count). The second-order valence-corrected chi connectivity index (χ2v) is 13.2. The fourth-order valence-electron chi connectivity index (χ4n) is 4.33. The maximum Gasteiger partial charge on any atom is 0.472 e. The van der Waals surface area contributed by atoms with E-state index in [0.29, 0.717) is 12.8 Å². The molecule has 0 bridgehead atoms. The van der Waals surface area contributed by atoms with Gasteiger partial charge in [-0.25, -0.2) is 4.57 Å². The molecule has 0 aromatic rings. The van der Waals surface area contributed by atoms with Gasteiger partial charge in [-0.3, -0.25) is 18.6 Å². The topological polar surface area (TPSA) is 134 Å². The Kier molecular flexibility index (Phi) is 34.0. The van der Waals surface area contributed by atoms with Crippen molar-refractivity contribution in [3.63, 3.8) is 0 Å². The van der Waals surface area contributed by atoms with Crippen molar-refractivity contribution in [3.05, 3.63) is 85.1 Å². The molecule has 0 amide bonds. The van der Waals surface area contributed by atoms with Crippen molar-refractivity contribution in [1.29, 1.82) is 0 Å². The van der Waals surface area contributed by atoms with Gasteiger partial charge in [-0.15, -0.1) is 0 Å². The zero-order valence-electron chi connectivity index (χ0n) is 30.8. The summed E-state index contributed by atoms with van der Waals surface area (Å²) in [7, 11) is -4.38. The lowest BCUT2D eigenvalue weighted by Crippen LogP contribution is -2.29. The number of carbonyl (C=O) groups excluding carboxylic acids is 2. The summed E-state index contributed by atoms with van der Waals surface area (Å²) >= 11 is 0. The molecule has 0 heterocycles. The third-order valence-corrected chi connectivity index (χ3v) is 8.03. The van der Waals surface area contributed by atoms with E-state index in [1.807, 2.05) is 6.08 Å². The molecule has 2 atom stereocenters. The maximum absolute atomic E-state index is 12.5. The Bertz CT molecular complexity index is 1090. The minimum Gasteiger partial charge on any atom is -0.462 e. The van der Waals surface area contributed by atoms with Crippen LogP contribution in [0.3, 0.4) is 0 Å². The molecule has 9 nitrogen and oxygen atoms in total. The first-order valence-corrected chi connectivity index (χ1v) is 20.1. The van der Waals surface area contributed by atoms with Gasteiger partial charge in [0.25, 0.3) is 0 Å². The van der Waals surface area contributed by atoms with Crippen molar-refractivity contribution >= 4 is 19.8 Å². The molecule has 10 heteroatoms. The zero-order valence-corrected chi connectivity index (χ0v) is 31.7. The number of ether oxygens (including phenoxy) is 2. The number of nitrogens with two attached hydrogens (primary N) is 1. The van der Waals surface area contributed by atoms with Gasteiger partial charge in [0.2, 0.25) is 0 Å². The Morgan fingerprint density at radius 1 is 0.620 bits per heavy atom. The summed E-state index contributed by atoms with van der Waals surface area (Å²) in [6.45, 7) is 3.43. The second-order valence-electron chi connectivity index (χ2n) is 11.7. The Balaban J connectivity index is 4.27. The van der Waals surface area contributed by atoms with E-state index < -0.39 is 32.5 Å². The minimum atomic E-state index is -4.38. The molecule has 0 fully saturated rings. The smallest absolute Gasteiger partial charge is 0.462 e. The SMILES string of the molecule is CC/C=C\C/C=C\C/C=C\C/C=C\C/C=C\C/C=C\C/C=C\CCCC(=O)OC(COC(=O)CCCCCCCC)COP(=O)(O)OCCN. The third kappa shape index (κ3) is 35.0. The van der Waals surface area contributed by atoms with Crippen LogP contribution in [-0.2, 0) is 32.7 Å². The lowest BCUT2D eigenvalue weighted by atomic mass is 10.1. The van der Waals surface area contributed by atoms with E-state index in [-0.39, 0.29) is 32.6 Å². The van der Waals surface area contributed by atoms with Crippen LogP contribution < -0.4 is 5.73 Å². The van der Waals surface area contributed by atoms with Gasteiger partial charge in [0.15, 0.2) is 6.10 Å². The van der Waals surface area contributed by atoms with Gasteiger partial charge in [-0.1, -0.05) is 131 Å². The van der Waals surface area contributed by atoms with Crippen LogP contribution in [0, 0.1) is 0 Å². The number of hydrogen-bond acceptors (Lipinski definition) is 8. The van der Waals surface area contributed by atoms with Crippen LogP contribution in [0.1, 0.15) is 123 Å². The molecule has 0 radical (unpaired) electrons. The lowest BCUT2D eigenvalue weighted by Gasteiger charge is -2.19. The highest BCUT2D eigenvalue weighted by Crippen LogP contribution is 2.43. The predicted molar refractivity (Wildman–Crippen MR) is 205 cm³/mol. The summed E-state index contributed by atoms with van der Waals surface area (Å²) in [6.07, 6.45) is 43.7. The quantitative estimate of drug-likeness (QED) is 0.0294. The van der Waals surface area contributed by atoms with Crippen LogP contribution in [0.4, 0.5) is 0 Å². The number of carbonyl (C=O) groups is 2. The number of esters is 2. The van der Waals surface area contributed by atoms with Crippen molar-refractivity contribution in [1.82, 2.24) is 0 Å². The van der Waals surface area contributed by atoms with Gasteiger partial charge >= 0.3 is 19.8 Å². The standard InChI is InChI=1S/C40H66NO8P/c1-3-5-7-9-11-12-13-14-15-16-17-18-19-20-21-22-23-24-25-26-27-29-31-33-40(43)49-38(37-48-50(44,45)47-35-34-41)36-46-39(42)32-30-28-10-8-6-4-2/h5,7,11-12,14-15,17-18,20-21,23-24,26-27,38H,3-4,6,8-10,13,16,19,22,25,28-37,41H2,1-2H3,(H,44,45)/b7-5-,12-11-,15-14-,18-17-,21-20-,24-23-,27-26-. The summed E-state index contributed by atoms with van der Waals surface area (Å²) < 4.78 is 32.4. The summed E-state index contributed by atoms with van der Waals surface area (Å²) in [5, 5.41) is 0. The van der Waals surface area contributed by atoms with E-state index in [1.54, 1.807) is 0 Å². The number of allylic oxidation sites excluding steroid dienone is 14. The highest BCUT2D eigenvalue weighted by Gasteiger charge is 2.25. The van der Waals surface area contributed by atoms with Gasteiger partial charge in [-0.2, -0.15) is 0 Å². The van der Waals surface area contributed by atoms with Crippen LogP contribution >= 0.6 is 7.82 Å². The second kappa shape index (κ2) is 36.0. The van der Waals surface area contributed by atoms with Crippen LogP contribution in [-0.4, -0.2) is 49.3 Å². The molecular weight excluding hydrogens is 653 g/mol. The molecule has 0 saturated carbocycles. The molecule has 3 N–H and O–H groups in total. The Labute approximate surface area is 303 Å². The average molecular weight is 720 g/mol. The van der Waals surface area contributed by atoms with E-state index in [9.17, 15) is 19.0 Å². The Hall–Kier alpha value is -2.81. The molecule has 0 aliphatic heterocycles. The minimum absolute atomic E-state index is 0.0399. The Morgan fingerprint density at radius 3 is 1.62 bits per heavy atom. The summed E-state index contributed by atoms with van der Waals surface area (Å²) in [6, 6.07) is 0. The zero-order chi connectivity index (χ0) is 36.8. The van der Waals surface area contributed by atoms with Gasteiger partial charge in [0, 0.05) is 19.4 Å². The molecule has 284 valence electrons. The highest BCUT2D eigenvalue weighted by atomic mass is 31.2. The molecule has 0 spiro atoms. The molecule has 0 aromatic carbocycles. The number of phosphoric ester groups is 1. The molecule has 0 saturated heterocycles. The number of phosphoric acid groups is 1. The van der Waals surface area contributed by atoms with Crippen LogP contribution in [0.2, 0.25) is 0 Å². The summed E-state index contributed by atoms with van der Waals surface area (Å²) in [4.78, 5) is 34.4. The first-order chi connectivity index (χ1) is 24.3. The largest absolute Gasteiger partial charge is 0.472 e. The van der Waals surface area contributed by atoms with Gasteiger partial charge in [0.05, 0.1) is 13.2 Å². The third-order valence-electron chi connectivity index (χ3n) is 7.05. The van der Waals surface area contributed by atoms with E-state index in [2.05, 4.69) is 92.8 Å². The highest BCUT2D eigenvalue weighted by molar-refractivity contribution is 7.47. The summed E-state index contributed by atoms with van der Waals surface area (Å²) in [5.41, 5.74) is 5.31. The molecule has 0 aliphatic carbocycles. The van der Waals surface area contributed by atoms with Crippen molar-refractivity contribution in [3.8, 4) is 0 Å². The van der Waals surface area contributed by atoms with Crippen LogP contribution in [0.5, 0.6) is 0 Å². The monoisotopic (exact) mass is 719 g/mol. The Morgan fingerprint density at radius 2 is 1.10 bits per heavy atom. The molecule has 50 heavy (non-hydrogen) atoms. The van der Waals surface area contributed by atoms with Crippen molar-refractivity contribution in [2.45, 2.75) is 129 Å². The maximum atomic E-state index is 12.5. The normalized spacial score (nSPS) is 14.4. The fraction of sp³-hybridized carbons (Fsp3) is 0.600. The lowest BCUT2D eigenvalue weighted by molar-refractivity contribution is -0.161. The van der Waals surface area contributed by atoms with Crippen molar-refractivity contribution in [2.24, 2.45) is 5.73 Å². The van der Waals surface area contributed by atoms with E-state index >= 15 is 0 Å². The van der Waals surface area contributed by atoms with Crippen molar-refractivity contribution < 1.29 is 37.6 Å². The average Bonchev–Trinajstić information content (AvgIpc) is 3.10. The summed E-state index contributed by atoms with van der Waals surface area (Å²) in [5.74, 6) is -0.920. The first kappa shape index (κ1) is 47.2. The van der Waals surface area contributed by atoms with E-state index in [0.717, 1.165) is 77.0 Å². The molecule has 0 aliphatic rings. The van der Waals surface area contributed by atoms with Crippen molar-refractivity contribution in [2.75, 3.05) is 26.4 Å². The first-order valence-electron chi connectivity index (χ1n) is 18.6.